The molecule has 1 heterocycles. The summed E-state index contributed by atoms with van der Waals surface area (Å²) in [4.78, 5) is 17.3. The summed E-state index contributed by atoms with van der Waals surface area (Å²) in [5.74, 6) is 0.0363. The summed E-state index contributed by atoms with van der Waals surface area (Å²) in [5.41, 5.74) is 3.14. The van der Waals surface area contributed by atoms with E-state index in [0.29, 0.717) is 0 Å². The van der Waals surface area contributed by atoms with Crippen LogP contribution >= 0.6 is 11.8 Å². The molecule has 0 fully saturated rings. The van der Waals surface area contributed by atoms with Gasteiger partial charge >= 0.3 is 0 Å². The maximum atomic E-state index is 12.5. The van der Waals surface area contributed by atoms with Gasteiger partial charge in [-0.05, 0) is 51.8 Å². The molecule has 5 heteroatoms. The first kappa shape index (κ1) is 19.5. The van der Waals surface area contributed by atoms with Gasteiger partial charge in [-0.1, -0.05) is 54.2 Å². The second-order valence-electron chi connectivity index (χ2n) is 7.77. The smallest absolute Gasteiger partial charge is 0.233 e. The molecule has 3 aromatic rings. The fourth-order valence-corrected chi connectivity index (χ4v) is 3.88. The number of aryl methyl sites for hydroxylation is 2. The zero-order valence-electron chi connectivity index (χ0n) is 16.4. The number of para-hydroxylation sites is 2. The number of hydrogen-bond acceptors (Lipinski definition) is 3. The number of thioether (sulfide) groups is 1. The van der Waals surface area contributed by atoms with E-state index in [2.05, 4.69) is 40.2 Å². The minimum Gasteiger partial charge on any atom is -0.351 e. The summed E-state index contributed by atoms with van der Waals surface area (Å²) in [5, 5.41) is 3.73. The molecule has 1 aromatic heterocycles. The van der Waals surface area contributed by atoms with Crippen LogP contribution in [-0.4, -0.2) is 26.2 Å². The van der Waals surface area contributed by atoms with Gasteiger partial charge in [0, 0.05) is 12.1 Å². The predicted molar refractivity (Wildman–Crippen MR) is 113 cm³/mol. The Labute approximate surface area is 165 Å². The zero-order valence-corrected chi connectivity index (χ0v) is 17.2. The van der Waals surface area contributed by atoms with Gasteiger partial charge in [-0.2, -0.15) is 0 Å². The molecule has 0 saturated heterocycles. The van der Waals surface area contributed by atoms with Gasteiger partial charge < -0.3 is 9.88 Å². The van der Waals surface area contributed by atoms with E-state index >= 15 is 0 Å². The highest BCUT2D eigenvalue weighted by Gasteiger charge is 2.22. The van der Waals surface area contributed by atoms with E-state index in [1.807, 2.05) is 52.0 Å². The number of nitrogens with one attached hydrogen (secondary N) is 1. The number of nitrogens with zero attached hydrogens (tertiary/aromatic N) is 2. The SMILES string of the molecule is CC(Sc1nc2ccccc2n1CCc1ccccc1)C(=O)NC(C)(C)C. The van der Waals surface area contributed by atoms with Gasteiger partial charge in [0.25, 0.3) is 0 Å². The Morgan fingerprint density at radius 3 is 2.48 bits per heavy atom. The van der Waals surface area contributed by atoms with Gasteiger partial charge in [0.15, 0.2) is 5.16 Å². The van der Waals surface area contributed by atoms with Crippen LogP contribution < -0.4 is 5.32 Å². The minimum atomic E-state index is -0.237. The highest BCUT2D eigenvalue weighted by Crippen LogP contribution is 2.28. The average molecular weight is 382 g/mol. The number of rotatable bonds is 6. The maximum absolute atomic E-state index is 12.5. The third-order valence-electron chi connectivity index (χ3n) is 4.24. The summed E-state index contributed by atoms with van der Waals surface area (Å²) in [6.07, 6.45) is 0.928. The lowest BCUT2D eigenvalue weighted by molar-refractivity contribution is -0.121. The fraction of sp³-hybridized carbons (Fsp3) is 0.364. The molecule has 1 unspecified atom stereocenters. The van der Waals surface area contributed by atoms with Crippen molar-refractivity contribution in [2.24, 2.45) is 0 Å². The van der Waals surface area contributed by atoms with E-state index in [-0.39, 0.29) is 16.7 Å². The van der Waals surface area contributed by atoms with Gasteiger partial charge in [-0.3, -0.25) is 4.79 Å². The van der Waals surface area contributed by atoms with Crippen molar-refractivity contribution in [1.29, 1.82) is 0 Å². The number of hydrogen-bond donors (Lipinski definition) is 1. The van der Waals surface area contributed by atoms with E-state index in [1.165, 1.54) is 17.3 Å². The van der Waals surface area contributed by atoms with Gasteiger partial charge in [0.05, 0.1) is 16.3 Å². The third-order valence-corrected chi connectivity index (χ3v) is 5.33. The number of carbonyl (C=O) groups is 1. The molecule has 142 valence electrons. The number of carbonyl (C=O) groups excluding carboxylic acids is 1. The molecule has 2 aromatic carbocycles. The van der Waals surface area contributed by atoms with E-state index in [0.717, 1.165) is 29.2 Å². The lowest BCUT2D eigenvalue weighted by atomic mass is 10.1. The molecule has 4 nitrogen and oxygen atoms in total. The van der Waals surface area contributed by atoms with Gasteiger partial charge in [0.2, 0.25) is 5.91 Å². The summed E-state index contributed by atoms with van der Waals surface area (Å²) in [7, 11) is 0. The van der Waals surface area contributed by atoms with Crippen molar-refractivity contribution in [2.45, 2.75) is 56.6 Å². The topological polar surface area (TPSA) is 46.9 Å². The van der Waals surface area contributed by atoms with Crippen LogP contribution in [0.25, 0.3) is 11.0 Å². The molecule has 0 radical (unpaired) electrons. The van der Waals surface area contributed by atoms with E-state index in [9.17, 15) is 4.79 Å². The zero-order chi connectivity index (χ0) is 19.4. The van der Waals surface area contributed by atoms with Gasteiger partial charge in [-0.15, -0.1) is 0 Å². The summed E-state index contributed by atoms with van der Waals surface area (Å²) < 4.78 is 2.23. The number of imidazole rings is 1. The maximum Gasteiger partial charge on any atom is 0.233 e. The van der Waals surface area contributed by atoms with Crippen molar-refractivity contribution in [3.05, 3.63) is 60.2 Å². The van der Waals surface area contributed by atoms with E-state index in [1.54, 1.807) is 0 Å². The second kappa shape index (κ2) is 8.17. The van der Waals surface area contributed by atoms with E-state index < -0.39 is 0 Å². The van der Waals surface area contributed by atoms with Crippen LogP contribution in [0.5, 0.6) is 0 Å². The quantitative estimate of drug-likeness (QED) is 0.631. The molecule has 0 aliphatic rings. The predicted octanol–water partition coefficient (Wildman–Crippen LogP) is 4.67. The molecule has 27 heavy (non-hydrogen) atoms. The molecule has 1 N–H and O–H groups in total. The van der Waals surface area contributed by atoms with Crippen molar-refractivity contribution < 1.29 is 4.79 Å². The molecule has 3 rings (SSSR count). The standard InChI is InChI=1S/C22H27N3OS/c1-16(20(26)24-22(2,3)4)27-21-23-18-12-8-9-13-19(18)25(21)15-14-17-10-6-5-7-11-17/h5-13,16H,14-15H2,1-4H3,(H,24,26). The van der Waals surface area contributed by atoms with Crippen LogP contribution in [0.15, 0.2) is 59.8 Å². The Bertz CT molecular complexity index is 912. The Hall–Kier alpha value is -2.27. The van der Waals surface area contributed by atoms with Crippen molar-refractivity contribution in [2.75, 3.05) is 0 Å². The Balaban J connectivity index is 1.82. The highest BCUT2D eigenvalue weighted by molar-refractivity contribution is 8.00. The first-order valence-electron chi connectivity index (χ1n) is 9.31. The first-order chi connectivity index (χ1) is 12.8. The number of benzene rings is 2. The van der Waals surface area contributed by atoms with Gasteiger partial charge in [-0.25, -0.2) is 4.98 Å². The molecule has 0 aliphatic heterocycles. The summed E-state index contributed by atoms with van der Waals surface area (Å²) in [6, 6.07) is 18.6. The molecule has 0 bridgehead atoms. The van der Waals surface area contributed by atoms with Crippen LogP contribution in [0.2, 0.25) is 0 Å². The monoisotopic (exact) mass is 381 g/mol. The second-order valence-corrected chi connectivity index (χ2v) is 9.08. The number of aromatic nitrogens is 2. The minimum absolute atomic E-state index is 0.0363. The molecule has 0 saturated carbocycles. The van der Waals surface area contributed by atoms with Crippen molar-refractivity contribution in [3.8, 4) is 0 Å². The third kappa shape index (κ3) is 5.13. The number of fused-ring (bicyclic) bond motifs is 1. The van der Waals surface area contributed by atoms with Crippen LogP contribution in [-0.2, 0) is 17.8 Å². The fourth-order valence-electron chi connectivity index (χ4n) is 2.93. The van der Waals surface area contributed by atoms with Crippen LogP contribution in [0.4, 0.5) is 0 Å². The van der Waals surface area contributed by atoms with Crippen LogP contribution in [0.3, 0.4) is 0 Å². The number of amides is 1. The Kier molecular flexibility index (Phi) is 5.90. The summed E-state index contributed by atoms with van der Waals surface area (Å²) in [6.45, 7) is 8.76. The van der Waals surface area contributed by atoms with Crippen molar-refractivity contribution in [1.82, 2.24) is 14.9 Å². The molecule has 0 aliphatic carbocycles. The largest absolute Gasteiger partial charge is 0.351 e. The van der Waals surface area contributed by atoms with E-state index in [4.69, 9.17) is 4.98 Å². The lowest BCUT2D eigenvalue weighted by Gasteiger charge is -2.23. The average Bonchev–Trinajstić information content (AvgIpc) is 2.96. The Morgan fingerprint density at radius 2 is 1.78 bits per heavy atom. The molecular weight excluding hydrogens is 354 g/mol. The van der Waals surface area contributed by atoms with Crippen molar-refractivity contribution in [3.63, 3.8) is 0 Å². The van der Waals surface area contributed by atoms with Crippen LogP contribution in [0, 0.1) is 0 Å². The highest BCUT2D eigenvalue weighted by atomic mass is 32.2. The molecule has 0 spiro atoms. The van der Waals surface area contributed by atoms with Gasteiger partial charge in [0.1, 0.15) is 0 Å². The van der Waals surface area contributed by atoms with Crippen LogP contribution in [0.1, 0.15) is 33.3 Å². The Morgan fingerprint density at radius 1 is 1.11 bits per heavy atom. The molecule has 1 atom stereocenters. The van der Waals surface area contributed by atoms with Crippen molar-refractivity contribution >= 4 is 28.7 Å². The molecular formula is C22H27N3OS. The molecule has 1 amide bonds. The summed E-state index contributed by atoms with van der Waals surface area (Å²) >= 11 is 1.52. The lowest BCUT2D eigenvalue weighted by Crippen LogP contribution is -2.44. The first-order valence-corrected chi connectivity index (χ1v) is 10.2. The normalized spacial score (nSPS) is 12.9.